The van der Waals surface area contributed by atoms with Crippen LogP contribution in [0.4, 0.5) is 0 Å². The highest BCUT2D eigenvalue weighted by Crippen LogP contribution is 2.28. The summed E-state index contributed by atoms with van der Waals surface area (Å²) in [5.41, 5.74) is 2.73. The normalized spacial score (nSPS) is 11.1. The quantitative estimate of drug-likeness (QED) is 0.446. The van der Waals surface area contributed by atoms with Crippen LogP contribution in [0.5, 0.6) is 11.5 Å². The van der Waals surface area contributed by atoms with Crippen LogP contribution < -0.4 is 14.9 Å². The SMILES string of the molecule is COc1ccc(/C=C/c2oc3cc(OC)ccc3c(=O)c2-c2ccccc2)cc1. The lowest BCUT2D eigenvalue weighted by Gasteiger charge is -2.09. The van der Waals surface area contributed by atoms with Crippen LogP contribution in [0, 0.1) is 0 Å². The highest BCUT2D eigenvalue weighted by molar-refractivity contribution is 5.87. The van der Waals surface area contributed by atoms with E-state index in [0.29, 0.717) is 28.0 Å². The molecule has 0 amide bonds. The third-order valence-electron chi connectivity index (χ3n) is 4.73. The smallest absolute Gasteiger partial charge is 0.201 e. The van der Waals surface area contributed by atoms with Gasteiger partial charge in [-0.3, -0.25) is 4.79 Å². The fraction of sp³-hybridized carbons (Fsp3) is 0.0800. The lowest BCUT2D eigenvalue weighted by atomic mass is 10.0. The molecule has 0 radical (unpaired) electrons. The maximum absolute atomic E-state index is 13.3. The summed E-state index contributed by atoms with van der Waals surface area (Å²) in [6.45, 7) is 0. The first-order valence-electron chi connectivity index (χ1n) is 9.22. The Morgan fingerprint density at radius 2 is 1.48 bits per heavy atom. The number of fused-ring (bicyclic) bond motifs is 1. The van der Waals surface area contributed by atoms with E-state index < -0.39 is 0 Å². The average Bonchev–Trinajstić information content (AvgIpc) is 2.78. The molecule has 0 aliphatic rings. The fourth-order valence-electron chi connectivity index (χ4n) is 3.20. The van der Waals surface area contributed by atoms with Crippen molar-refractivity contribution in [3.8, 4) is 22.6 Å². The van der Waals surface area contributed by atoms with Gasteiger partial charge in [0.1, 0.15) is 22.8 Å². The van der Waals surface area contributed by atoms with Crippen molar-refractivity contribution in [3.63, 3.8) is 0 Å². The van der Waals surface area contributed by atoms with Gasteiger partial charge < -0.3 is 13.9 Å². The molecule has 1 heterocycles. The molecule has 0 aliphatic carbocycles. The zero-order valence-corrected chi connectivity index (χ0v) is 16.2. The number of methoxy groups -OCH3 is 2. The Kier molecular flexibility index (Phi) is 5.16. The monoisotopic (exact) mass is 384 g/mol. The predicted molar refractivity (Wildman–Crippen MR) is 116 cm³/mol. The third kappa shape index (κ3) is 3.78. The zero-order valence-electron chi connectivity index (χ0n) is 16.2. The molecule has 0 N–H and O–H groups in total. The van der Waals surface area contributed by atoms with E-state index in [1.54, 1.807) is 32.4 Å². The Labute approximate surface area is 168 Å². The zero-order chi connectivity index (χ0) is 20.2. The molecule has 29 heavy (non-hydrogen) atoms. The summed E-state index contributed by atoms with van der Waals surface area (Å²) in [5.74, 6) is 1.92. The van der Waals surface area contributed by atoms with E-state index >= 15 is 0 Å². The molecular weight excluding hydrogens is 364 g/mol. The number of hydrogen-bond donors (Lipinski definition) is 0. The Morgan fingerprint density at radius 1 is 0.793 bits per heavy atom. The molecule has 0 atom stereocenters. The van der Waals surface area contributed by atoms with Gasteiger partial charge in [-0.25, -0.2) is 0 Å². The van der Waals surface area contributed by atoms with Gasteiger partial charge in [-0.2, -0.15) is 0 Å². The minimum absolute atomic E-state index is 0.0746. The van der Waals surface area contributed by atoms with Gasteiger partial charge in [0.15, 0.2) is 0 Å². The molecule has 144 valence electrons. The van der Waals surface area contributed by atoms with Gasteiger partial charge in [-0.1, -0.05) is 48.5 Å². The van der Waals surface area contributed by atoms with Crippen molar-refractivity contribution in [2.75, 3.05) is 14.2 Å². The Morgan fingerprint density at radius 3 is 2.17 bits per heavy atom. The van der Waals surface area contributed by atoms with Crippen molar-refractivity contribution in [1.29, 1.82) is 0 Å². The summed E-state index contributed by atoms with van der Waals surface area (Å²) < 4.78 is 16.6. The van der Waals surface area contributed by atoms with Crippen molar-refractivity contribution in [3.05, 3.63) is 94.3 Å². The molecule has 4 aromatic rings. The number of hydrogen-bond acceptors (Lipinski definition) is 4. The Balaban J connectivity index is 1.89. The highest BCUT2D eigenvalue weighted by Gasteiger charge is 2.15. The number of rotatable bonds is 5. The minimum Gasteiger partial charge on any atom is -0.497 e. The molecule has 0 saturated carbocycles. The summed E-state index contributed by atoms with van der Waals surface area (Å²) in [6.07, 6.45) is 3.74. The molecule has 0 spiro atoms. The molecule has 4 nitrogen and oxygen atoms in total. The topological polar surface area (TPSA) is 48.7 Å². The van der Waals surface area contributed by atoms with Crippen LogP contribution in [0.3, 0.4) is 0 Å². The molecule has 4 heteroatoms. The molecule has 0 saturated heterocycles. The van der Waals surface area contributed by atoms with E-state index in [1.165, 1.54) is 0 Å². The fourth-order valence-corrected chi connectivity index (χ4v) is 3.20. The first-order chi connectivity index (χ1) is 14.2. The van der Waals surface area contributed by atoms with Gasteiger partial charge in [0.05, 0.1) is 25.2 Å². The molecule has 0 unspecified atom stereocenters. The third-order valence-corrected chi connectivity index (χ3v) is 4.73. The van der Waals surface area contributed by atoms with Crippen molar-refractivity contribution in [2.24, 2.45) is 0 Å². The summed E-state index contributed by atoms with van der Waals surface area (Å²) in [6, 6.07) is 22.5. The summed E-state index contributed by atoms with van der Waals surface area (Å²) in [5, 5.41) is 0.520. The standard InChI is InChI=1S/C25H20O4/c1-27-19-11-8-17(9-12-19)10-15-22-24(18-6-4-3-5-7-18)25(26)21-14-13-20(28-2)16-23(21)29-22/h3-16H,1-2H3/b15-10+. The van der Waals surface area contributed by atoms with E-state index in [0.717, 1.165) is 16.9 Å². The van der Waals surface area contributed by atoms with E-state index in [-0.39, 0.29) is 5.43 Å². The van der Waals surface area contributed by atoms with Crippen LogP contribution in [0.25, 0.3) is 34.2 Å². The van der Waals surface area contributed by atoms with Gasteiger partial charge in [0.25, 0.3) is 0 Å². The van der Waals surface area contributed by atoms with Crippen molar-refractivity contribution < 1.29 is 13.9 Å². The maximum Gasteiger partial charge on any atom is 0.201 e. The van der Waals surface area contributed by atoms with Crippen molar-refractivity contribution in [1.82, 2.24) is 0 Å². The van der Waals surface area contributed by atoms with Gasteiger partial charge in [0.2, 0.25) is 5.43 Å². The lowest BCUT2D eigenvalue weighted by Crippen LogP contribution is -2.07. The van der Waals surface area contributed by atoms with Gasteiger partial charge in [0, 0.05) is 6.07 Å². The lowest BCUT2D eigenvalue weighted by molar-refractivity contribution is 0.414. The second-order valence-corrected chi connectivity index (χ2v) is 6.51. The first-order valence-corrected chi connectivity index (χ1v) is 9.22. The Hall–Kier alpha value is -3.79. The van der Waals surface area contributed by atoms with Gasteiger partial charge in [-0.15, -0.1) is 0 Å². The highest BCUT2D eigenvalue weighted by atomic mass is 16.5. The van der Waals surface area contributed by atoms with Crippen LogP contribution in [0.1, 0.15) is 11.3 Å². The Bertz CT molecular complexity index is 1220. The summed E-state index contributed by atoms with van der Waals surface area (Å²) >= 11 is 0. The van der Waals surface area contributed by atoms with Crippen LogP contribution >= 0.6 is 0 Å². The van der Waals surface area contributed by atoms with E-state index in [9.17, 15) is 4.79 Å². The van der Waals surface area contributed by atoms with Gasteiger partial charge in [-0.05, 0) is 41.5 Å². The molecule has 0 aliphatic heterocycles. The van der Waals surface area contributed by atoms with E-state index in [4.69, 9.17) is 13.9 Å². The first kappa shape index (κ1) is 18.6. The number of ether oxygens (including phenoxy) is 2. The molecule has 1 aromatic heterocycles. The van der Waals surface area contributed by atoms with Crippen LogP contribution in [-0.4, -0.2) is 14.2 Å². The predicted octanol–water partition coefficient (Wildman–Crippen LogP) is 5.65. The molecule has 0 bridgehead atoms. The second-order valence-electron chi connectivity index (χ2n) is 6.51. The number of benzene rings is 3. The van der Waals surface area contributed by atoms with Crippen LogP contribution in [-0.2, 0) is 0 Å². The second kappa shape index (κ2) is 8.07. The molecule has 4 rings (SSSR count). The van der Waals surface area contributed by atoms with Gasteiger partial charge >= 0.3 is 0 Å². The molecular formula is C25H20O4. The molecule has 0 fully saturated rings. The average molecular weight is 384 g/mol. The van der Waals surface area contributed by atoms with E-state index in [2.05, 4.69) is 0 Å². The molecule has 3 aromatic carbocycles. The van der Waals surface area contributed by atoms with Crippen molar-refractivity contribution in [2.45, 2.75) is 0 Å². The van der Waals surface area contributed by atoms with Crippen molar-refractivity contribution >= 4 is 23.1 Å². The van der Waals surface area contributed by atoms with Crippen LogP contribution in [0.2, 0.25) is 0 Å². The van der Waals surface area contributed by atoms with Crippen LogP contribution in [0.15, 0.2) is 82.0 Å². The summed E-state index contributed by atoms with van der Waals surface area (Å²) in [4.78, 5) is 13.3. The maximum atomic E-state index is 13.3. The minimum atomic E-state index is -0.0746. The van der Waals surface area contributed by atoms with E-state index in [1.807, 2.05) is 66.7 Å². The largest absolute Gasteiger partial charge is 0.497 e. The summed E-state index contributed by atoms with van der Waals surface area (Å²) in [7, 11) is 3.22.